The summed E-state index contributed by atoms with van der Waals surface area (Å²) in [6.45, 7) is 3.46. The molecule has 1 aliphatic rings. The monoisotopic (exact) mass is 275 g/mol. The molecular weight excluding hydrogens is 246 g/mol. The minimum Gasteiger partial charge on any atom is -0.496 e. The summed E-state index contributed by atoms with van der Waals surface area (Å²) in [4.78, 5) is 0. The molecule has 1 aromatic carbocycles. The predicted molar refractivity (Wildman–Crippen MR) is 85.4 cm³/mol. The van der Waals surface area contributed by atoms with Gasteiger partial charge >= 0.3 is 0 Å². The van der Waals surface area contributed by atoms with Crippen LogP contribution in [0.25, 0.3) is 0 Å². The number of hydrogen-bond donors (Lipinski definition) is 1. The second-order valence-electron chi connectivity index (χ2n) is 6.18. The Bertz CT molecular complexity index is 383. The number of hydrogen-bond acceptors (Lipinski definition) is 2. The fourth-order valence-corrected chi connectivity index (χ4v) is 3.21. The van der Waals surface area contributed by atoms with Crippen molar-refractivity contribution >= 4 is 0 Å². The van der Waals surface area contributed by atoms with E-state index in [-0.39, 0.29) is 0 Å². The number of methoxy groups -OCH3 is 1. The molecule has 1 aromatic rings. The fraction of sp³-hybridized carbons (Fsp3) is 0.667. The zero-order chi connectivity index (χ0) is 14.2. The van der Waals surface area contributed by atoms with Crippen LogP contribution in [0.5, 0.6) is 5.75 Å². The average molecular weight is 275 g/mol. The molecule has 0 amide bonds. The summed E-state index contributed by atoms with van der Waals surface area (Å²) in [6.07, 6.45) is 9.58. The van der Waals surface area contributed by atoms with E-state index in [1.54, 1.807) is 7.11 Å². The Hall–Kier alpha value is -1.02. The van der Waals surface area contributed by atoms with E-state index >= 15 is 0 Å². The lowest BCUT2D eigenvalue weighted by Crippen LogP contribution is -2.32. The molecule has 1 N–H and O–H groups in total. The van der Waals surface area contributed by atoms with E-state index in [9.17, 15) is 0 Å². The molecule has 0 radical (unpaired) electrons. The van der Waals surface area contributed by atoms with Crippen LogP contribution in [0.4, 0.5) is 0 Å². The number of rotatable bonds is 6. The molecule has 20 heavy (non-hydrogen) atoms. The summed E-state index contributed by atoms with van der Waals surface area (Å²) >= 11 is 0. The maximum atomic E-state index is 5.43. The third kappa shape index (κ3) is 4.82. The maximum Gasteiger partial charge on any atom is 0.122 e. The number of para-hydroxylation sites is 1. The third-order valence-corrected chi connectivity index (χ3v) is 4.45. The van der Waals surface area contributed by atoms with Gasteiger partial charge in [0.2, 0.25) is 0 Å². The highest BCUT2D eigenvalue weighted by Crippen LogP contribution is 2.23. The lowest BCUT2D eigenvalue weighted by Gasteiger charge is -2.20. The van der Waals surface area contributed by atoms with Crippen LogP contribution in [0.2, 0.25) is 0 Å². The van der Waals surface area contributed by atoms with Crippen LogP contribution in [-0.2, 0) is 6.42 Å². The summed E-state index contributed by atoms with van der Waals surface area (Å²) in [6, 6.07) is 8.85. The van der Waals surface area contributed by atoms with Crippen molar-refractivity contribution in [2.45, 2.75) is 57.9 Å². The Morgan fingerprint density at radius 3 is 2.55 bits per heavy atom. The van der Waals surface area contributed by atoms with E-state index in [1.807, 2.05) is 12.1 Å². The fourth-order valence-electron chi connectivity index (χ4n) is 3.21. The van der Waals surface area contributed by atoms with Gasteiger partial charge in [0.05, 0.1) is 7.11 Å². The summed E-state index contributed by atoms with van der Waals surface area (Å²) < 4.78 is 5.43. The van der Waals surface area contributed by atoms with Crippen molar-refractivity contribution in [2.24, 2.45) is 5.92 Å². The van der Waals surface area contributed by atoms with E-state index in [0.717, 1.165) is 18.1 Å². The van der Waals surface area contributed by atoms with Gasteiger partial charge in [-0.15, -0.1) is 0 Å². The Labute approximate surface area is 123 Å². The summed E-state index contributed by atoms with van der Waals surface area (Å²) in [5.41, 5.74) is 1.30. The van der Waals surface area contributed by atoms with Gasteiger partial charge in [0.15, 0.2) is 0 Å². The van der Waals surface area contributed by atoms with Gasteiger partial charge in [0.25, 0.3) is 0 Å². The molecule has 0 heterocycles. The molecule has 0 aromatic heterocycles. The van der Waals surface area contributed by atoms with E-state index in [1.165, 1.54) is 50.6 Å². The molecular formula is C18H29NO. The quantitative estimate of drug-likeness (QED) is 0.786. The van der Waals surface area contributed by atoms with Crippen LogP contribution in [-0.4, -0.2) is 19.7 Å². The van der Waals surface area contributed by atoms with Gasteiger partial charge < -0.3 is 10.1 Å². The first-order valence-electron chi connectivity index (χ1n) is 8.15. The van der Waals surface area contributed by atoms with Gasteiger partial charge in [-0.1, -0.05) is 43.9 Å². The highest BCUT2D eigenvalue weighted by Gasteiger charge is 2.14. The second kappa shape index (κ2) is 8.31. The molecule has 1 saturated carbocycles. The summed E-state index contributed by atoms with van der Waals surface area (Å²) in [7, 11) is 1.75. The first kappa shape index (κ1) is 15.4. The Morgan fingerprint density at radius 2 is 1.85 bits per heavy atom. The number of nitrogens with one attached hydrogen (secondary N) is 1. The first-order valence-corrected chi connectivity index (χ1v) is 8.15. The molecule has 1 fully saturated rings. The van der Waals surface area contributed by atoms with Crippen molar-refractivity contribution in [1.29, 1.82) is 0 Å². The topological polar surface area (TPSA) is 21.3 Å². The molecule has 0 bridgehead atoms. The van der Waals surface area contributed by atoms with Gasteiger partial charge in [0.1, 0.15) is 5.75 Å². The molecule has 2 rings (SSSR count). The SMILES string of the molecule is COc1ccccc1CC(C)NCC1CCCCCC1. The van der Waals surface area contributed by atoms with Crippen molar-refractivity contribution in [3.63, 3.8) is 0 Å². The molecule has 0 spiro atoms. The molecule has 0 aliphatic heterocycles. The lowest BCUT2D eigenvalue weighted by molar-refractivity contribution is 0.388. The van der Waals surface area contributed by atoms with E-state index < -0.39 is 0 Å². The van der Waals surface area contributed by atoms with Crippen LogP contribution in [0, 0.1) is 5.92 Å². The Kier molecular flexibility index (Phi) is 6.38. The number of benzene rings is 1. The molecule has 1 unspecified atom stereocenters. The van der Waals surface area contributed by atoms with Crippen LogP contribution in [0.15, 0.2) is 24.3 Å². The van der Waals surface area contributed by atoms with Crippen molar-refractivity contribution < 1.29 is 4.74 Å². The summed E-state index contributed by atoms with van der Waals surface area (Å²) in [5.74, 6) is 1.90. The molecule has 0 saturated heterocycles. The third-order valence-electron chi connectivity index (χ3n) is 4.45. The minimum atomic E-state index is 0.509. The van der Waals surface area contributed by atoms with Crippen molar-refractivity contribution in [1.82, 2.24) is 5.32 Å². The molecule has 112 valence electrons. The van der Waals surface area contributed by atoms with Gasteiger partial charge in [-0.2, -0.15) is 0 Å². The van der Waals surface area contributed by atoms with Crippen LogP contribution >= 0.6 is 0 Å². The normalized spacial score (nSPS) is 18.5. The highest BCUT2D eigenvalue weighted by atomic mass is 16.5. The zero-order valence-electron chi connectivity index (χ0n) is 13.0. The maximum absolute atomic E-state index is 5.43. The highest BCUT2D eigenvalue weighted by molar-refractivity contribution is 5.33. The van der Waals surface area contributed by atoms with Crippen LogP contribution in [0.3, 0.4) is 0 Å². The van der Waals surface area contributed by atoms with Gasteiger partial charge in [0, 0.05) is 6.04 Å². The van der Waals surface area contributed by atoms with Crippen molar-refractivity contribution in [2.75, 3.05) is 13.7 Å². The molecule has 1 atom stereocenters. The van der Waals surface area contributed by atoms with E-state index in [0.29, 0.717) is 6.04 Å². The smallest absolute Gasteiger partial charge is 0.122 e. The zero-order valence-corrected chi connectivity index (χ0v) is 13.0. The molecule has 1 aliphatic carbocycles. The lowest BCUT2D eigenvalue weighted by atomic mass is 9.99. The Morgan fingerprint density at radius 1 is 1.15 bits per heavy atom. The largest absolute Gasteiger partial charge is 0.496 e. The van der Waals surface area contributed by atoms with E-state index in [2.05, 4.69) is 24.4 Å². The van der Waals surface area contributed by atoms with Gasteiger partial charge in [-0.3, -0.25) is 0 Å². The predicted octanol–water partition coefficient (Wildman–Crippen LogP) is 4.19. The van der Waals surface area contributed by atoms with Gasteiger partial charge in [-0.05, 0) is 50.3 Å². The summed E-state index contributed by atoms with van der Waals surface area (Å²) in [5, 5.41) is 3.72. The van der Waals surface area contributed by atoms with Crippen molar-refractivity contribution in [3.8, 4) is 5.75 Å². The first-order chi connectivity index (χ1) is 9.79. The molecule has 2 heteroatoms. The van der Waals surface area contributed by atoms with Crippen LogP contribution in [0.1, 0.15) is 51.0 Å². The van der Waals surface area contributed by atoms with E-state index in [4.69, 9.17) is 4.74 Å². The average Bonchev–Trinajstić information content (AvgIpc) is 2.74. The molecule has 2 nitrogen and oxygen atoms in total. The van der Waals surface area contributed by atoms with Crippen molar-refractivity contribution in [3.05, 3.63) is 29.8 Å². The second-order valence-corrected chi connectivity index (χ2v) is 6.18. The Balaban J connectivity index is 1.78. The minimum absolute atomic E-state index is 0.509. The number of ether oxygens (including phenoxy) is 1. The van der Waals surface area contributed by atoms with Crippen LogP contribution < -0.4 is 10.1 Å². The standard InChI is InChI=1S/C18H29NO/c1-15(13-17-11-7-8-12-18(17)20-2)19-14-16-9-5-3-4-6-10-16/h7-8,11-12,15-16,19H,3-6,9-10,13-14H2,1-2H3. The van der Waals surface area contributed by atoms with Gasteiger partial charge in [-0.25, -0.2) is 0 Å².